The Morgan fingerprint density at radius 1 is 1.42 bits per heavy atom. The van der Waals surface area contributed by atoms with Gasteiger partial charge in [0, 0.05) is 22.7 Å². The van der Waals surface area contributed by atoms with E-state index in [1.54, 1.807) is 0 Å². The molecule has 8 nitrogen and oxygen atoms in total. The lowest BCUT2D eigenvalue weighted by Crippen LogP contribution is -2.43. The number of nitro groups is 1. The molecular weight excluding hydrogens is 280 g/mol. The molecule has 0 heterocycles. The van der Waals surface area contributed by atoms with Crippen molar-refractivity contribution in [1.29, 1.82) is 0 Å². The number of aliphatic hydroxyl groups excluding tert-OH is 1. The summed E-state index contributed by atoms with van der Waals surface area (Å²) in [5.41, 5.74) is -0.563. The fourth-order valence-corrected chi connectivity index (χ4v) is 1.47. The highest BCUT2D eigenvalue weighted by atomic mass is 35.5. The number of halogens is 1. The number of hydrogen-bond acceptors (Lipinski definition) is 5. The normalized spacial score (nSPS) is 11.7. The van der Waals surface area contributed by atoms with Crippen LogP contribution in [0.3, 0.4) is 0 Å². The first-order chi connectivity index (χ1) is 8.85. The van der Waals surface area contributed by atoms with Crippen molar-refractivity contribution in [2.24, 2.45) is 0 Å². The maximum Gasteiger partial charge on any atom is 0.328 e. The molecule has 19 heavy (non-hydrogen) atoms. The van der Waals surface area contributed by atoms with Crippen molar-refractivity contribution in [1.82, 2.24) is 5.32 Å². The summed E-state index contributed by atoms with van der Waals surface area (Å²) in [5.74, 6) is -2.31. The molecule has 0 unspecified atom stereocenters. The number of carboxylic acids is 1. The predicted molar refractivity (Wildman–Crippen MR) is 64.1 cm³/mol. The zero-order chi connectivity index (χ0) is 14.6. The van der Waals surface area contributed by atoms with Gasteiger partial charge in [-0.2, -0.15) is 0 Å². The summed E-state index contributed by atoms with van der Waals surface area (Å²) in [6, 6.07) is 1.67. The van der Waals surface area contributed by atoms with Crippen LogP contribution in [0.4, 0.5) is 5.69 Å². The van der Waals surface area contributed by atoms with Gasteiger partial charge in [-0.3, -0.25) is 14.9 Å². The minimum atomic E-state index is -1.49. The van der Waals surface area contributed by atoms with E-state index >= 15 is 0 Å². The Morgan fingerprint density at radius 2 is 2.05 bits per heavy atom. The maximum atomic E-state index is 11.7. The monoisotopic (exact) mass is 288 g/mol. The molecule has 3 N–H and O–H groups in total. The van der Waals surface area contributed by atoms with Crippen LogP contribution in [0.15, 0.2) is 18.2 Å². The second kappa shape index (κ2) is 6.12. The minimum Gasteiger partial charge on any atom is -0.480 e. The van der Waals surface area contributed by atoms with E-state index in [9.17, 15) is 19.7 Å². The molecule has 0 fully saturated rings. The van der Waals surface area contributed by atoms with Crippen LogP contribution >= 0.6 is 11.6 Å². The molecule has 0 aliphatic rings. The summed E-state index contributed by atoms with van der Waals surface area (Å²) in [5, 5.41) is 30.0. The summed E-state index contributed by atoms with van der Waals surface area (Å²) in [6.45, 7) is -0.802. The van der Waals surface area contributed by atoms with Crippen LogP contribution < -0.4 is 5.32 Å². The fraction of sp³-hybridized carbons (Fsp3) is 0.200. The molecule has 102 valence electrons. The molecule has 1 amide bonds. The van der Waals surface area contributed by atoms with Gasteiger partial charge in [-0.1, -0.05) is 11.6 Å². The minimum absolute atomic E-state index is 0.0322. The Balaban J connectivity index is 2.99. The van der Waals surface area contributed by atoms with Crippen LogP contribution in [0, 0.1) is 10.1 Å². The molecule has 0 radical (unpaired) electrons. The predicted octanol–water partition coefficient (Wildman–Crippen LogP) is 0.423. The van der Waals surface area contributed by atoms with Crippen LogP contribution in [-0.2, 0) is 4.79 Å². The first-order valence-corrected chi connectivity index (χ1v) is 5.32. The summed E-state index contributed by atoms with van der Waals surface area (Å²) >= 11 is 5.62. The molecule has 1 aromatic carbocycles. The van der Waals surface area contributed by atoms with E-state index in [0.29, 0.717) is 0 Å². The SMILES string of the molecule is O=C(N[C@@H](CO)C(=O)O)c1cc(Cl)cc([N+](=O)[O-])c1. The molecular formula is C10H9ClN2O6. The van der Waals surface area contributed by atoms with Crippen LogP contribution in [0.1, 0.15) is 10.4 Å². The van der Waals surface area contributed by atoms with Gasteiger partial charge in [0.25, 0.3) is 11.6 Å². The number of carbonyl (C=O) groups excluding carboxylic acids is 1. The Morgan fingerprint density at radius 3 is 2.53 bits per heavy atom. The summed E-state index contributed by atoms with van der Waals surface area (Å²) in [7, 11) is 0. The van der Waals surface area contributed by atoms with Gasteiger partial charge in [-0.25, -0.2) is 4.79 Å². The zero-order valence-corrected chi connectivity index (χ0v) is 10.1. The number of non-ortho nitro benzene ring substituents is 1. The van der Waals surface area contributed by atoms with Crippen LogP contribution in [0.25, 0.3) is 0 Å². The van der Waals surface area contributed by atoms with Crippen LogP contribution in [0.5, 0.6) is 0 Å². The molecule has 9 heteroatoms. The number of nitrogens with zero attached hydrogens (tertiary/aromatic N) is 1. The molecule has 0 aliphatic carbocycles. The number of aliphatic carboxylic acids is 1. The van der Waals surface area contributed by atoms with E-state index < -0.39 is 35.1 Å². The molecule has 0 spiro atoms. The highest BCUT2D eigenvalue weighted by Gasteiger charge is 2.21. The van der Waals surface area contributed by atoms with Gasteiger partial charge in [-0.15, -0.1) is 0 Å². The number of rotatable bonds is 5. The van der Waals surface area contributed by atoms with Gasteiger partial charge in [-0.05, 0) is 6.07 Å². The van der Waals surface area contributed by atoms with Crippen molar-refractivity contribution < 1.29 is 24.7 Å². The number of nitro benzene ring substituents is 1. The van der Waals surface area contributed by atoms with E-state index in [1.807, 2.05) is 5.32 Å². The standard InChI is InChI=1S/C10H9ClN2O6/c11-6-1-5(2-7(3-6)13(18)19)9(15)12-8(4-14)10(16)17/h1-3,8,14H,4H2,(H,12,15)(H,16,17)/t8-/m0/s1. The van der Waals surface area contributed by atoms with Gasteiger partial charge >= 0.3 is 5.97 Å². The molecule has 1 aromatic rings. The molecule has 1 atom stereocenters. The quantitative estimate of drug-likeness (QED) is 0.532. The van der Waals surface area contributed by atoms with Crippen molar-refractivity contribution in [3.05, 3.63) is 38.9 Å². The fourth-order valence-electron chi connectivity index (χ4n) is 1.24. The molecule has 0 saturated heterocycles. The lowest BCUT2D eigenvalue weighted by atomic mass is 10.1. The van der Waals surface area contributed by atoms with E-state index in [2.05, 4.69) is 0 Å². The number of hydrogen-bond donors (Lipinski definition) is 3. The molecule has 0 saturated carbocycles. The van der Waals surface area contributed by atoms with Crippen LogP contribution in [-0.4, -0.2) is 39.7 Å². The number of carbonyl (C=O) groups is 2. The largest absolute Gasteiger partial charge is 0.480 e. The zero-order valence-electron chi connectivity index (χ0n) is 9.37. The lowest BCUT2D eigenvalue weighted by molar-refractivity contribution is -0.384. The molecule has 0 bridgehead atoms. The highest BCUT2D eigenvalue weighted by molar-refractivity contribution is 6.31. The number of carboxylic acid groups (broad SMARTS) is 1. The number of benzene rings is 1. The molecule has 0 aliphatic heterocycles. The Labute approximate surface area is 111 Å². The first kappa shape index (κ1) is 14.9. The van der Waals surface area contributed by atoms with Crippen molar-refractivity contribution in [2.75, 3.05) is 6.61 Å². The summed E-state index contributed by atoms with van der Waals surface area (Å²) in [6.07, 6.45) is 0. The van der Waals surface area contributed by atoms with E-state index in [-0.39, 0.29) is 10.6 Å². The third-order valence-corrected chi connectivity index (χ3v) is 2.36. The second-order valence-electron chi connectivity index (χ2n) is 3.50. The van der Waals surface area contributed by atoms with Crippen LogP contribution in [0.2, 0.25) is 5.02 Å². The van der Waals surface area contributed by atoms with E-state index in [1.165, 1.54) is 0 Å². The van der Waals surface area contributed by atoms with Crippen molar-refractivity contribution in [3.8, 4) is 0 Å². The summed E-state index contributed by atoms with van der Waals surface area (Å²) in [4.78, 5) is 32.2. The second-order valence-corrected chi connectivity index (χ2v) is 3.94. The third kappa shape index (κ3) is 3.90. The number of nitrogens with one attached hydrogen (secondary N) is 1. The Kier molecular flexibility index (Phi) is 4.79. The smallest absolute Gasteiger partial charge is 0.328 e. The van der Waals surface area contributed by atoms with E-state index in [0.717, 1.165) is 18.2 Å². The van der Waals surface area contributed by atoms with Gasteiger partial charge in [0.15, 0.2) is 6.04 Å². The third-order valence-electron chi connectivity index (χ3n) is 2.14. The lowest BCUT2D eigenvalue weighted by Gasteiger charge is -2.11. The average Bonchev–Trinajstić information content (AvgIpc) is 2.34. The average molecular weight is 289 g/mol. The van der Waals surface area contributed by atoms with Gasteiger partial charge in [0.1, 0.15) is 0 Å². The highest BCUT2D eigenvalue weighted by Crippen LogP contribution is 2.20. The molecule has 1 rings (SSSR count). The summed E-state index contributed by atoms with van der Waals surface area (Å²) < 4.78 is 0. The maximum absolute atomic E-state index is 11.7. The van der Waals surface area contributed by atoms with Crippen molar-refractivity contribution in [2.45, 2.75) is 6.04 Å². The first-order valence-electron chi connectivity index (χ1n) is 4.94. The van der Waals surface area contributed by atoms with Gasteiger partial charge in [0.2, 0.25) is 0 Å². The van der Waals surface area contributed by atoms with Crippen molar-refractivity contribution in [3.63, 3.8) is 0 Å². The number of aliphatic hydroxyl groups is 1. The topological polar surface area (TPSA) is 130 Å². The Hall–Kier alpha value is -2.19. The molecule has 0 aromatic heterocycles. The van der Waals surface area contributed by atoms with E-state index in [4.69, 9.17) is 21.8 Å². The number of amides is 1. The van der Waals surface area contributed by atoms with Gasteiger partial charge < -0.3 is 15.5 Å². The Bertz CT molecular complexity index is 533. The van der Waals surface area contributed by atoms with Gasteiger partial charge in [0.05, 0.1) is 11.5 Å². The van der Waals surface area contributed by atoms with Crippen molar-refractivity contribution >= 4 is 29.2 Å².